The summed E-state index contributed by atoms with van der Waals surface area (Å²) in [6.07, 6.45) is 0.934. The lowest BCUT2D eigenvalue weighted by Gasteiger charge is -2.27. The molecule has 0 radical (unpaired) electrons. The van der Waals surface area contributed by atoms with E-state index in [1.165, 1.54) is 10.4 Å². The van der Waals surface area contributed by atoms with Gasteiger partial charge in [0.15, 0.2) is 0 Å². The van der Waals surface area contributed by atoms with Crippen LogP contribution in [0.2, 0.25) is 0 Å². The molecule has 0 fully saturated rings. The maximum atomic E-state index is 12.1. The minimum absolute atomic E-state index is 0.0513. The zero-order chi connectivity index (χ0) is 15.5. The van der Waals surface area contributed by atoms with Gasteiger partial charge < -0.3 is 10.2 Å². The van der Waals surface area contributed by atoms with Gasteiger partial charge in [-0.2, -0.15) is 0 Å². The molecule has 0 saturated carbocycles. The first-order chi connectivity index (χ1) is 9.85. The molecule has 0 atom stereocenters. The first kappa shape index (κ1) is 16.0. The van der Waals surface area contributed by atoms with Crippen LogP contribution in [-0.4, -0.2) is 41.9 Å². The molecular formula is C15H23N3O2S. The molecule has 21 heavy (non-hydrogen) atoms. The van der Waals surface area contributed by atoms with E-state index >= 15 is 0 Å². The molecule has 1 aliphatic heterocycles. The van der Waals surface area contributed by atoms with Gasteiger partial charge in [-0.3, -0.25) is 14.9 Å². The zero-order valence-corrected chi connectivity index (χ0v) is 13.7. The smallest absolute Gasteiger partial charge is 0.236 e. The summed E-state index contributed by atoms with van der Waals surface area (Å²) in [7, 11) is 0. The number of nitrogens with zero attached hydrogens (tertiary/aromatic N) is 1. The molecule has 0 saturated heterocycles. The molecule has 0 aliphatic carbocycles. The summed E-state index contributed by atoms with van der Waals surface area (Å²) in [4.78, 5) is 27.0. The summed E-state index contributed by atoms with van der Waals surface area (Å²) < 4.78 is 0. The lowest BCUT2D eigenvalue weighted by molar-refractivity contribution is -0.131. The molecule has 0 aromatic carbocycles. The van der Waals surface area contributed by atoms with Crippen LogP contribution in [0.25, 0.3) is 0 Å². The van der Waals surface area contributed by atoms with Crippen molar-refractivity contribution in [2.24, 2.45) is 0 Å². The highest BCUT2D eigenvalue weighted by Gasteiger charge is 2.21. The van der Waals surface area contributed by atoms with Crippen molar-refractivity contribution in [3.63, 3.8) is 0 Å². The first-order valence-electron chi connectivity index (χ1n) is 7.20. The highest BCUT2D eigenvalue weighted by Crippen LogP contribution is 2.23. The standard InChI is InChI=1S/C15H23N3O2S/c1-15(2,3)17-13(19)8-16-9-14(20)18-6-4-12-11(10-18)5-7-21-12/h5,7,16H,4,6,8-10H2,1-3H3,(H,17,19). The molecule has 2 N–H and O–H groups in total. The normalized spacial score (nSPS) is 14.7. The van der Waals surface area contributed by atoms with Gasteiger partial charge in [-0.05, 0) is 44.2 Å². The predicted octanol–water partition coefficient (Wildman–Crippen LogP) is 1.14. The van der Waals surface area contributed by atoms with Gasteiger partial charge >= 0.3 is 0 Å². The van der Waals surface area contributed by atoms with Gasteiger partial charge in [0, 0.05) is 23.5 Å². The van der Waals surface area contributed by atoms with Crippen LogP contribution in [-0.2, 0) is 22.6 Å². The number of rotatable bonds is 4. The van der Waals surface area contributed by atoms with Gasteiger partial charge in [-0.25, -0.2) is 0 Å². The average molecular weight is 309 g/mol. The first-order valence-corrected chi connectivity index (χ1v) is 8.08. The topological polar surface area (TPSA) is 61.4 Å². The fraction of sp³-hybridized carbons (Fsp3) is 0.600. The molecule has 2 heterocycles. The number of thiophene rings is 1. The fourth-order valence-corrected chi connectivity index (χ4v) is 3.21. The number of carbonyl (C=O) groups excluding carboxylic acids is 2. The molecule has 1 aromatic heterocycles. The lowest BCUT2D eigenvalue weighted by Crippen LogP contribution is -2.47. The summed E-state index contributed by atoms with van der Waals surface area (Å²) in [5.74, 6) is -0.0375. The van der Waals surface area contributed by atoms with E-state index in [9.17, 15) is 9.59 Å². The maximum absolute atomic E-state index is 12.1. The Kier molecular flexibility index (Phi) is 5.00. The van der Waals surface area contributed by atoms with Crippen LogP contribution >= 0.6 is 11.3 Å². The van der Waals surface area contributed by atoms with Crippen molar-refractivity contribution in [2.45, 2.75) is 39.3 Å². The fourth-order valence-electron chi connectivity index (χ4n) is 2.32. The molecule has 0 unspecified atom stereocenters. The second-order valence-corrected chi connectivity index (χ2v) is 7.34. The summed E-state index contributed by atoms with van der Waals surface area (Å²) in [5, 5.41) is 7.86. The van der Waals surface area contributed by atoms with Crippen molar-refractivity contribution in [2.75, 3.05) is 19.6 Å². The van der Waals surface area contributed by atoms with Gasteiger partial charge in [0.25, 0.3) is 0 Å². The second kappa shape index (κ2) is 6.58. The Morgan fingerprint density at radius 1 is 1.33 bits per heavy atom. The third kappa shape index (κ3) is 4.82. The molecule has 0 bridgehead atoms. The van der Waals surface area contributed by atoms with E-state index < -0.39 is 0 Å². The molecule has 0 spiro atoms. The zero-order valence-electron chi connectivity index (χ0n) is 12.9. The third-order valence-corrected chi connectivity index (χ3v) is 4.26. The van der Waals surface area contributed by atoms with E-state index in [4.69, 9.17) is 0 Å². The van der Waals surface area contributed by atoms with Crippen LogP contribution in [0.3, 0.4) is 0 Å². The van der Waals surface area contributed by atoms with Crippen molar-refractivity contribution in [3.05, 3.63) is 21.9 Å². The summed E-state index contributed by atoms with van der Waals surface area (Å²) in [6, 6.07) is 2.09. The quantitative estimate of drug-likeness (QED) is 0.877. The van der Waals surface area contributed by atoms with Crippen LogP contribution in [0.1, 0.15) is 31.2 Å². The molecule has 2 amide bonds. The Morgan fingerprint density at radius 3 is 2.81 bits per heavy atom. The number of fused-ring (bicyclic) bond motifs is 1. The molecule has 6 heteroatoms. The van der Waals surface area contributed by atoms with Gasteiger partial charge in [0.05, 0.1) is 13.1 Å². The number of amides is 2. The second-order valence-electron chi connectivity index (χ2n) is 6.34. The lowest BCUT2D eigenvalue weighted by atomic mass is 10.1. The van der Waals surface area contributed by atoms with Crippen molar-refractivity contribution < 1.29 is 9.59 Å². The van der Waals surface area contributed by atoms with Crippen LogP contribution in [0.4, 0.5) is 0 Å². The Bertz CT molecular complexity index is 519. The van der Waals surface area contributed by atoms with E-state index in [1.807, 2.05) is 25.7 Å². The van der Waals surface area contributed by atoms with Crippen LogP contribution < -0.4 is 10.6 Å². The molecule has 1 aromatic rings. The predicted molar refractivity (Wildman–Crippen MR) is 84.2 cm³/mol. The van der Waals surface area contributed by atoms with Gasteiger partial charge in [0.1, 0.15) is 0 Å². The van der Waals surface area contributed by atoms with Crippen molar-refractivity contribution in [1.82, 2.24) is 15.5 Å². The largest absolute Gasteiger partial charge is 0.350 e. The van der Waals surface area contributed by atoms with E-state index in [1.54, 1.807) is 11.3 Å². The van der Waals surface area contributed by atoms with Crippen molar-refractivity contribution >= 4 is 23.2 Å². The molecule has 2 rings (SSSR count). The number of carbonyl (C=O) groups is 2. The monoisotopic (exact) mass is 309 g/mol. The Hall–Kier alpha value is -1.40. The number of nitrogens with one attached hydrogen (secondary N) is 2. The maximum Gasteiger partial charge on any atom is 0.236 e. The van der Waals surface area contributed by atoms with Crippen molar-refractivity contribution in [1.29, 1.82) is 0 Å². The molecule has 5 nitrogen and oxygen atoms in total. The van der Waals surface area contributed by atoms with Gasteiger partial charge in [-0.1, -0.05) is 0 Å². The number of hydrogen-bond acceptors (Lipinski definition) is 4. The van der Waals surface area contributed by atoms with E-state index in [0.29, 0.717) is 6.54 Å². The van der Waals surface area contributed by atoms with E-state index in [0.717, 1.165) is 13.0 Å². The van der Waals surface area contributed by atoms with Crippen LogP contribution in [0, 0.1) is 0 Å². The Balaban J connectivity index is 1.72. The third-order valence-electron chi connectivity index (χ3n) is 3.24. The van der Waals surface area contributed by atoms with Gasteiger partial charge in [-0.15, -0.1) is 11.3 Å². The number of hydrogen-bond donors (Lipinski definition) is 2. The Morgan fingerprint density at radius 2 is 2.10 bits per heavy atom. The molecule has 1 aliphatic rings. The molecular weight excluding hydrogens is 286 g/mol. The van der Waals surface area contributed by atoms with Gasteiger partial charge in [0.2, 0.25) is 11.8 Å². The average Bonchev–Trinajstić information content (AvgIpc) is 2.83. The molecule has 116 valence electrons. The highest BCUT2D eigenvalue weighted by atomic mass is 32.1. The highest BCUT2D eigenvalue weighted by molar-refractivity contribution is 7.10. The van der Waals surface area contributed by atoms with Crippen LogP contribution in [0.5, 0.6) is 0 Å². The van der Waals surface area contributed by atoms with E-state index in [-0.39, 0.29) is 30.4 Å². The summed E-state index contributed by atoms with van der Waals surface area (Å²) in [6.45, 7) is 7.63. The summed E-state index contributed by atoms with van der Waals surface area (Å²) >= 11 is 1.76. The minimum atomic E-state index is -0.245. The minimum Gasteiger partial charge on any atom is -0.350 e. The van der Waals surface area contributed by atoms with Crippen molar-refractivity contribution in [3.8, 4) is 0 Å². The SMILES string of the molecule is CC(C)(C)NC(=O)CNCC(=O)N1CCc2sccc2C1. The Labute approximate surface area is 129 Å². The van der Waals surface area contributed by atoms with E-state index in [2.05, 4.69) is 22.1 Å². The summed E-state index contributed by atoms with van der Waals surface area (Å²) in [5.41, 5.74) is 1.01. The van der Waals surface area contributed by atoms with Crippen LogP contribution in [0.15, 0.2) is 11.4 Å².